The molecule has 0 bridgehead atoms. The minimum Gasteiger partial charge on any atom is -0.492 e. The molecule has 0 aliphatic carbocycles. The van der Waals surface area contributed by atoms with Crippen molar-refractivity contribution in [1.29, 1.82) is 0 Å². The number of carbonyl (C=O) groups is 1. The third-order valence-corrected chi connectivity index (χ3v) is 5.96. The van der Waals surface area contributed by atoms with Crippen molar-refractivity contribution in [2.45, 2.75) is 38.8 Å². The van der Waals surface area contributed by atoms with Crippen LogP contribution in [-0.2, 0) is 14.8 Å². The number of sulfonamides is 1. The van der Waals surface area contributed by atoms with Crippen LogP contribution in [0.1, 0.15) is 38.8 Å². The molecule has 0 saturated carbocycles. The first-order chi connectivity index (χ1) is 14.1. The normalized spacial score (nSPS) is 17.4. The van der Waals surface area contributed by atoms with Gasteiger partial charge >= 0.3 is 0 Å². The average Bonchev–Trinajstić information content (AvgIpc) is 2.65. The lowest BCUT2D eigenvalue weighted by molar-refractivity contribution is -0.120. The first kappa shape index (κ1) is 22.0. The van der Waals surface area contributed by atoms with Gasteiger partial charge in [0, 0.05) is 12.0 Å². The van der Waals surface area contributed by atoms with Crippen molar-refractivity contribution < 1.29 is 22.7 Å². The van der Waals surface area contributed by atoms with Crippen LogP contribution >= 0.6 is 0 Å². The van der Waals surface area contributed by atoms with E-state index < -0.39 is 21.5 Å². The molecule has 162 valence electrons. The van der Waals surface area contributed by atoms with Crippen LogP contribution in [0.15, 0.2) is 48.5 Å². The molecule has 8 heteroatoms. The SMILES string of the molecule is CCOc1ccccc1N(CC(=O)NC1CC(C)(C)Oc2ccccc21)S(C)(=O)=O. The van der Waals surface area contributed by atoms with Crippen molar-refractivity contribution in [1.82, 2.24) is 5.32 Å². The Balaban J connectivity index is 1.85. The summed E-state index contributed by atoms with van der Waals surface area (Å²) in [7, 11) is -3.71. The van der Waals surface area contributed by atoms with Gasteiger partial charge in [0.15, 0.2) is 0 Å². The van der Waals surface area contributed by atoms with Crippen LogP contribution in [0.4, 0.5) is 5.69 Å². The Morgan fingerprint density at radius 1 is 1.20 bits per heavy atom. The summed E-state index contributed by atoms with van der Waals surface area (Å²) in [5.74, 6) is 0.737. The van der Waals surface area contributed by atoms with Gasteiger partial charge in [-0.2, -0.15) is 0 Å². The molecule has 2 aromatic rings. The van der Waals surface area contributed by atoms with E-state index >= 15 is 0 Å². The summed E-state index contributed by atoms with van der Waals surface area (Å²) < 4.78 is 37.6. The lowest BCUT2D eigenvalue weighted by atomic mass is 9.89. The number of para-hydroxylation sites is 3. The largest absolute Gasteiger partial charge is 0.492 e. The zero-order valence-electron chi connectivity index (χ0n) is 17.7. The number of hydrogen-bond acceptors (Lipinski definition) is 5. The molecule has 0 aromatic heterocycles. The number of fused-ring (bicyclic) bond motifs is 1. The predicted octanol–water partition coefficient (Wildman–Crippen LogP) is 3.27. The van der Waals surface area contributed by atoms with E-state index in [-0.39, 0.29) is 12.6 Å². The summed E-state index contributed by atoms with van der Waals surface area (Å²) in [4.78, 5) is 12.9. The molecule has 0 fully saturated rings. The molecule has 0 spiro atoms. The molecule has 1 aliphatic rings. The third-order valence-electron chi connectivity index (χ3n) is 4.83. The van der Waals surface area contributed by atoms with Gasteiger partial charge in [0.25, 0.3) is 0 Å². The lowest BCUT2D eigenvalue weighted by Gasteiger charge is -2.38. The van der Waals surface area contributed by atoms with E-state index in [0.29, 0.717) is 24.5 Å². The quantitative estimate of drug-likeness (QED) is 0.726. The van der Waals surface area contributed by atoms with E-state index in [2.05, 4.69) is 5.32 Å². The van der Waals surface area contributed by atoms with Crippen LogP contribution in [0.5, 0.6) is 11.5 Å². The Labute approximate surface area is 178 Å². The van der Waals surface area contributed by atoms with Gasteiger partial charge in [0.1, 0.15) is 23.6 Å². The Morgan fingerprint density at radius 2 is 1.87 bits per heavy atom. The van der Waals surface area contributed by atoms with Gasteiger partial charge in [-0.1, -0.05) is 30.3 Å². The Kier molecular flexibility index (Phi) is 6.26. The summed E-state index contributed by atoms with van der Waals surface area (Å²) in [6, 6.07) is 14.1. The highest BCUT2D eigenvalue weighted by Gasteiger charge is 2.35. The fourth-order valence-corrected chi connectivity index (χ4v) is 4.48. The highest BCUT2D eigenvalue weighted by molar-refractivity contribution is 7.92. The molecular formula is C22H28N2O5S. The molecular weight excluding hydrogens is 404 g/mol. The number of benzene rings is 2. The minimum atomic E-state index is -3.71. The molecule has 7 nitrogen and oxygen atoms in total. The molecule has 1 aliphatic heterocycles. The second-order valence-electron chi connectivity index (χ2n) is 7.89. The van der Waals surface area contributed by atoms with Crippen LogP contribution < -0.4 is 19.1 Å². The Hall–Kier alpha value is -2.74. The smallest absolute Gasteiger partial charge is 0.241 e. The average molecular weight is 433 g/mol. The van der Waals surface area contributed by atoms with Crippen LogP contribution in [0, 0.1) is 0 Å². The van der Waals surface area contributed by atoms with Gasteiger partial charge in [-0.05, 0) is 39.0 Å². The van der Waals surface area contributed by atoms with E-state index in [1.165, 1.54) is 0 Å². The number of anilines is 1. The summed E-state index contributed by atoms with van der Waals surface area (Å²) >= 11 is 0. The maximum atomic E-state index is 12.9. The first-order valence-corrected chi connectivity index (χ1v) is 11.7. The van der Waals surface area contributed by atoms with Gasteiger partial charge in [-0.15, -0.1) is 0 Å². The van der Waals surface area contributed by atoms with Crippen molar-refractivity contribution in [3.8, 4) is 11.5 Å². The second kappa shape index (κ2) is 8.55. The summed E-state index contributed by atoms with van der Waals surface area (Å²) in [5, 5.41) is 2.99. The van der Waals surface area contributed by atoms with Gasteiger partial charge in [-0.3, -0.25) is 9.10 Å². The molecule has 1 amide bonds. The van der Waals surface area contributed by atoms with Crippen LogP contribution in [0.25, 0.3) is 0 Å². The monoisotopic (exact) mass is 432 g/mol. The highest BCUT2D eigenvalue weighted by Crippen LogP contribution is 2.39. The maximum Gasteiger partial charge on any atom is 0.241 e. The third kappa shape index (κ3) is 5.05. The predicted molar refractivity (Wildman–Crippen MR) is 116 cm³/mol. The van der Waals surface area contributed by atoms with Crippen LogP contribution in [-0.4, -0.2) is 39.3 Å². The Morgan fingerprint density at radius 3 is 2.57 bits per heavy atom. The number of rotatable bonds is 7. The van der Waals surface area contributed by atoms with Gasteiger partial charge in [0.05, 0.1) is 24.6 Å². The number of nitrogens with one attached hydrogen (secondary N) is 1. The van der Waals surface area contributed by atoms with Crippen LogP contribution in [0.2, 0.25) is 0 Å². The Bertz CT molecular complexity index is 1020. The summed E-state index contributed by atoms with van der Waals surface area (Å²) in [6.07, 6.45) is 1.65. The van der Waals surface area contributed by atoms with Crippen molar-refractivity contribution in [2.24, 2.45) is 0 Å². The number of carbonyl (C=O) groups excluding carboxylic acids is 1. The molecule has 1 unspecified atom stereocenters. The molecule has 3 rings (SSSR count). The summed E-state index contributed by atoms with van der Waals surface area (Å²) in [5.41, 5.74) is 0.764. The number of nitrogens with zero attached hydrogens (tertiary/aromatic N) is 1. The molecule has 0 saturated heterocycles. The van der Waals surface area contributed by atoms with Crippen molar-refractivity contribution >= 4 is 21.6 Å². The van der Waals surface area contributed by atoms with Gasteiger partial charge in [0.2, 0.25) is 15.9 Å². The van der Waals surface area contributed by atoms with Crippen molar-refractivity contribution in [2.75, 3.05) is 23.7 Å². The maximum absolute atomic E-state index is 12.9. The zero-order chi connectivity index (χ0) is 21.9. The van der Waals surface area contributed by atoms with Crippen LogP contribution in [0.3, 0.4) is 0 Å². The molecule has 2 aromatic carbocycles. The molecule has 1 heterocycles. The molecule has 0 radical (unpaired) electrons. The fourth-order valence-electron chi connectivity index (χ4n) is 3.62. The highest BCUT2D eigenvalue weighted by atomic mass is 32.2. The minimum absolute atomic E-state index is 0.277. The zero-order valence-corrected chi connectivity index (χ0v) is 18.5. The molecule has 1 atom stereocenters. The van der Waals surface area contributed by atoms with E-state index in [9.17, 15) is 13.2 Å². The van der Waals surface area contributed by atoms with Crippen molar-refractivity contribution in [3.05, 3.63) is 54.1 Å². The standard InChI is InChI=1S/C22H28N2O5S/c1-5-28-20-13-9-7-11-18(20)24(30(4,26)27)15-21(25)23-17-14-22(2,3)29-19-12-8-6-10-16(17)19/h6-13,17H,5,14-15H2,1-4H3,(H,23,25). The second-order valence-corrected chi connectivity index (χ2v) is 9.80. The van der Waals surface area contributed by atoms with Gasteiger partial charge < -0.3 is 14.8 Å². The fraction of sp³-hybridized carbons (Fsp3) is 0.409. The topological polar surface area (TPSA) is 84.9 Å². The molecule has 1 N–H and O–H groups in total. The number of amides is 1. The molecule has 30 heavy (non-hydrogen) atoms. The van der Waals surface area contributed by atoms with Crippen molar-refractivity contribution in [3.63, 3.8) is 0 Å². The van der Waals surface area contributed by atoms with E-state index in [1.54, 1.807) is 24.3 Å². The lowest BCUT2D eigenvalue weighted by Crippen LogP contribution is -2.45. The number of hydrogen-bond donors (Lipinski definition) is 1. The van der Waals surface area contributed by atoms with E-state index in [4.69, 9.17) is 9.47 Å². The first-order valence-electron chi connectivity index (χ1n) is 9.87. The van der Waals surface area contributed by atoms with Gasteiger partial charge in [-0.25, -0.2) is 8.42 Å². The van der Waals surface area contributed by atoms with E-state index in [1.807, 2.05) is 45.0 Å². The number of ether oxygens (including phenoxy) is 2. The summed E-state index contributed by atoms with van der Waals surface area (Å²) in [6.45, 7) is 5.78. The van der Waals surface area contributed by atoms with E-state index in [0.717, 1.165) is 21.9 Å².